The van der Waals surface area contributed by atoms with E-state index in [0.29, 0.717) is 11.1 Å². The average Bonchev–Trinajstić information content (AvgIpc) is 2.99. The van der Waals surface area contributed by atoms with Gasteiger partial charge in [0.2, 0.25) is 5.91 Å². The Morgan fingerprint density at radius 3 is 2.57 bits per heavy atom. The first-order chi connectivity index (χ1) is 14.4. The van der Waals surface area contributed by atoms with Gasteiger partial charge in [-0.2, -0.15) is 5.10 Å². The molecule has 0 spiro atoms. The van der Waals surface area contributed by atoms with Gasteiger partial charge in [-0.05, 0) is 56.0 Å². The summed E-state index contributed by atoms with van der Waals surface area (Å²) in [5.41, 5.74) is 2.82. The Labute approximate surface area is 183 Å². The zero-order valence-electron chi connectivity index (χ0n) is 18.2. The summed E-state index contributed by atoms with van der Waals surface area (Å²) in [7, 11) is 1.67. The second-order valence-corrected chi connectivity index (χ2v) is 8.53. The van der Waals surface area contributed by atoms with Gasteiger partial charge < -0.3 is 15.0 Å². The Bertz CT molecular complexity index is 881. The third kappa shape index (κ3) is 5.57. The summed E-state index contributed by atoms with van der Waals surface area (Å²) < 4.78 is 7.02. The second kappa shape index (κ2) is 10.0. The summed E-state index contributed by atoms with van der Waals surface area (Å²) in [5.74, 6) is 1.22. The number of anilines is 1. The van der Waals surface area contributed by atoms with Crippen LogP contribution in [0.1, 0.15) is 37.9 Å². The zero-order chi connectivity index (χ0) is 21.7. The van der Waals surface area contributed by atoms with E-state index in [0.717, 1.165) is 49.5 Å². The highest BCUT2D eigenvalue weighted by Gasteiger charge is 2.20. The number of carbonyl (C=O) groups excluding carboxylic acids is 1. The minimum Gasteiger partial charge on any atom is -0.497 e. The van der Waals surface area contributed by atoms with Gasteiger partial charge in [-0.3, -0.25) is 9.48 Å². The van der Waals surface area contributed by atoms with E-state index < -0.39 is 0 Å². The number of benzene rings is 1. The topological polar surface area (TPSA) is 59.4 Å². The Balaban J connectivity index is 1.52. The fourth-order valence-electron chi connectivity index (χ4n) is 3.71. The number of piperidine rings is 1. The number of rotatable bonds is 7. The van der Waals surface area contributed by atoms with Crippen LogP contribution in [-0.2, 0) is 11.3 Å². The molecule has 1 fully saturated rings. The first kappa shape index (κ1) is 22.2. The van der Waals surface area contributed by atoms with Crippen LogP contribution >= 0.6 is 11.6 Å². The molecule has 162 valence electrons. The van der Waals surface area contributed by atoms with Gasteiger partial charge in [0, 0.05) is 43.0 Å². The number of hydrogen-bond donors (Lipinski definition) is 1. The fourth-order valence-corrected chi connectivity index (χ4v) is 4.01. The van der Waals surface area contributed by atoms with Crippen LogP contribution in [0.5, 0.6) is 5.75 Å². The van der Waals surface area contributed by atoms with Crippen LogP contribution in [-0.4, -0.2) is 41.9 Å². The molecule has 1 amide bonds. The van der Waals surface area contributed by atoms with Crippen LogP contribution in [0.2, 0.25) is 5.15 Å². The molecule has 3 rings (SSSR count). The fraction of sp³-hybridized carbons (Fsp3) is 0.478. The van der Waals surface area contributed by atoms with E-state index in [4.69, 9.17) is 16.3 Å². The van der Waals surface area contributed by atoms with E-state index in [1.807, 2.05) is 19.1 Å². The molecule has 7 heteroatoms. The van der Waals surface area contributed by atoms with Crippen molar-refractivity contribution >= 4 is 29.3 Å². The van der Waals surface area contributed by atoms with Crippen molar-refractivity contribution in [3.63, 3.8) is 0 Å². The van der Waals surface area contributed by atoms with Crippen molar-refractivity contribution in [2.45, 2.75) is 46.2 Å². The summed E-state index contributed by atoms with van der Waals surface area (Å²) in [6.45, 7) is 8.73. The summed E-state index contributed by atoms with van der Waals surface area (Å²) in [4.78, 5) is 14.8. The number of hydrogen-bond acceptors (Lipinski definition) is 4. The lowest BCUT2D eigenvalue weighted by Crippen LogP contribution is -2.44. The Morgan fingerprint density at radius 1 is 1.30 bits per heavy atom. The smallest absolute Gasteiger partial charge is 0.244 e. The monoisotopic (exact) mass is 430 g/mol. The summed E-state index contributed by atoms with van der Waals surface area (Å²) in [5, 5.41) is 8.18. The average molecular weight is 431 g/mol. The molecule has 1 aliphatic rings. The van der Waals surface area contributed by atoms with Gasteiger partial charge in [-0.1, -0.05) is 25.4 Å². The largest absolute Gasteiger partial charge is 0.497 e. The van der Waals surface area contributed by atoms with Gasteiger partial charge in [0.1, 0.15) is 10.9 Å². The Kier molecular flexibility index (Phi) is 7.43. The Hall–Kier alpha value is -2.47. The molecule has 1 N–H and O–H groups in total. The maximum absolute atomic E-state index is 12.4. The molecule has 1 aliphatic heterocycles. The molecule has 30 heavy (non-hydrogen) atoms. The highest BCUT2D eigenvalue weighted by molar-refractivity contribution is 6.31. The Morgan fingerprint density at radius 2 is 1.97 bits per heavy atom. The quantitative estimate of drug-likeness (QED) is 0.665. The minimum absolute atomic E-state index is 0.0926. The number of amides is 1. The van der Waals surface area contributed by atoms with E-state index in [9.17, 15) is 4.79 Å². The van der Waals surface area contributed by atoms with Crippen molar-refractivity contribution in [2.24, 2.45) is 5.92 Å². The van der Waals surface area contributed by atoms with Crippen molar-refractivity contribution in [3.8, 4) is 5.75 Å². The van der Waals surface area contributed by atoms with E-state index >= 15 is 0 Å². The van der Waals surface area contributed by atoms with Gasteiger partial charge >= 0.3 is 0 Å². The third-order valence-electron chi connectivity index (χ3n) is 5.33. The molecule has 1 aromatic heterocycles. The van der Waals surface area contributed by atoms with Crippen molar-refractivity contribution in [2.75, 3.05) is 25.1 Å². The maximum atomic E-state index is 12.4. The van der Waals surface area contributed by atoms with Crippen molar-refractivity contribution in [3.05, 3.63) is 46.8 Å². The van der Waals surface area contributed by atoms with Crippen molar-refractivity contribution in [1.82, 2.24) is 15.1 Å². The molecular weight excluding hydrogens is 400 g/mol. The van der Waals surface area contributed by atoms with Crippen LogP contribution in [0, 0.1) is 12.8 Å². The summed E-state index contributed by atoms with van der Waals surface area (Å²) in [6, 6.07) is 8.28. The molecular formula is C23H31ClN4O2. The van der Waals surface area contributed by atoms with E-state index in [1.54, 1.807) is 23.9 Å². The predicted octanol–water partition coefficient (Wildman–Crippen LogP) is 4.31. The van der Waals surface area contributed by atoms with Crippen LogP contribution in [0.15, 0.2) is 30.3 Å². The van der Waals surface area contributed by atoms with Crippen molar-refractivity contribution < 1.29 is 9.53 Å². The standard InChI is InChI=1S/C23H31ClN4O2/c1-16(2)15-28-23(24)21(17(3)26-28)9-10-22(29)25-18-11-13-27(14-12-18)19-5-7-20(30-4)8-6-19/h5-10,16,18H,11-15H2,1-4H3,(H,25,29)/b10-9+. The number of carbonyl (C=O) groups is 1. The lowest BCUT2D eigenvalue weighted by atomic mass is 10.0. The molecule has 0 bridgehead atoms. The number of nitrogens with one attached hydrogen (secondary N) is 1. The number of ether oxygens (including phenoxy) is 1. The van der Waals surface area contributed by atoms with Crippen LogP contribution in [0.3, 0.4) is 0 Å². The highest BCUT2D eigenvalue weighted by atomic mass is 35.5. The highest BCUT2D eigenvalue weighted by Crippen LogP contribution is 2.24. The molecule has 1 aromatic carbocycles. The predicted molar refractivity (Wildman–Crippen MR) is 122 cm³/mol. The molecule has 6 nitrogen and oxygen atoms in total. The normalized spacial score (nSPS) is 15.2. The van der Waals surface area contributed by atoms with Crippen LogP contribution < -0.4 is 15.0 Å². The molecule has 0 unspecified atom stereocenters. The van der Waals surface area contributed by atoms with Gasteiger partial charge in [0.15, 0.2) is 0 Å². The van der Waals surface area contributed by atoms with Gasteiger partial charge in [-0.15, -0.1) is 0 Å². The number of nitrogens with zero attached hydrogens (tertiary/aromatic N) is 3. The lowest BCUT2D eigenvalue weighted by molar-refractivity contribution is -0.117. The van der Waals surface area contributed by atoms with E-state index in [-0.39, 0.29) is 11.9 Å². The number of halogens is 1. The molecule has 0 radical (unpaired) electrons. The van der Waals surface area contributed by atoms with E-state index in [2.05, 4.69) is 41.3 Å². The third-order valence-corrected chi connectivity index (χ3v) is 5.73. The van der Waals surface area contributed by atoms with Crippen LogP contribution in [0.25, 0.3) is 6.08 Å². The van der Waals surface area contributed by atoms with E-state index in [1.165, 1.54) is 5.69 Å². The van der Waals surface area contributed by atoms with Crippen molar-refractivity contribution in [1.29, 1.82) is 0 Å². The van der Waals surface area contributed by atoms with Gasteiger partial charge in [-0.25, -0.2) is 0 Å². The van der Waals surface area contributed by atoms with Crippen LogP contribution in [0.4, 0.5) is 5.69 Å². The first-order valence-electron chi connectivity index (χ1n) is 10.5. The second-order valence-electron chi connectivity index (χ2n) is 8.17. The van der Waals surface area contributed by atoms with Gasteiger partial charge in [0.05, 0.1) is 12.8 Å². The zero-order valence-corrected chi connectivity index (χ0v) is 18.9. The molecule has 0 atom stereocenters. The SMILES string of the molecule is COc1ccc(N2CCC(NC(=O)/C=C/c3c(C)nn(CC(C)C)c3Cl)CC2)cc1. The molecule has 2 heterocycles. The molecule has 0 saturated carbocycles. The molecule has 1 saturated heterocycles. The van der Waals surface area contributed by atoms with Gasteiger partial charge in [0.25, 0.3) is 0 Å². The number of aromatic nitrogens is 2. The number of aryl methyl sites for hydroxylation is 1. The summed E-state index contributed by atoms with van der Waals surface area (Å²) >= 11 is 6.45. The number of methoxy groups -OCH3 is 1. The first-order valence-corrected chi connectivity index (χ1v) is 10.9. The molecule has 2 aromatic rings. The molecule has 0 aliphatic carbocycles. The lowest BCUT2D eigenvalue weighted by Gasteiger charge is -2.33. The maximum Gasteiger partial charge on any atom is 0.244 e. The summed E-state index contributed by atoms with van der Waals surface area (Å²) in [6.07, 6.45) is 5.16. The minimum atomic E-state index is -0.0926.